The van der Waals surface area contributed by atoms with Gasteiger partial charge in [-0.25, -0.2) is 0 Å². The maximum absolute atomic E-state index is 11.1. The number of carboxylic acids is 1. The summed E-state index contributed by atoms with van der Waals surface area (Å²) in [5, 5.41) is 15.0. The maximum Gasteiger partial charge on any atom is 0.451 e. The molecular formula is C6H6F3NO3. The molecule has 0 saturated heterocycles. The molecule has 0 aliphatic heterocycles. The summed E-state index contributed by atoms with van der Waals surface area (Å²) in [4.78, 5) is 18.7. The lowest BCUT2D eigenvalue weighted by molar-refractivity contribution is -0.169. The average molecular weight is 197 g/mol. The topological polar surface area (TPSA) is 78.2 Å². The van der Waals surface area contributed by atoms with Crippen molar-refractivity contribution >= 4 is 11.8 Å². The van der Waals surface area contributed by atoms with E-state index in [1.807, 2.05) is 0 Å². The van der Waals surface area contributed by atoms with Gasteiger partial charge in [0.2, 0.25) is 5.78 Å². The lowest BCUT2D eigenvalue weighted by Crippen LogP contribution is -2.21. The zero-order valence-electron chi connectivity index (χ0n) is 6.55. The smallest absolute Gasteiger partial charge is 0.451 e. The molecule has 0 rings (SSSR count). The third-order valence-corrected chi connectivity index (χ3v) is 0.556. The molecule has 0 atom stereocenters. The summed E-state index contributed by atoms with van der Waals surface area (Å²) in [7, 11) is 0. The number of rotatable bonds is 1. The Morgan fingerprint density at radius 3 is 1.85 bits per heavy atom. The number of carboxylic acid groups (broad SMARTS) is 1. The highest BCUT2D eigenvalue weighted by Crippen LogP contribution is 2.16. The van der Waals surface area contributed by atoms with Crippen LogP contribution in [0.5, 0.6) is 0 Å². The van der Waals surface area contributed by atoms with Crippen LogP contribution in [0.1, 0.15) is 13.3 Å². The first-order valence-corrected chi connectivity index (χ1v) is 2.88. The Labute approximate surface area is 71.6 Å². The summed E-state index contributed by atoms with van der Waals surface area (Å²) in [5.41, 5.74) is 0. The third kappa shape index (κ3) is 13.4. The molecule has 1 N–H and O–H groups in total. The highest BCUT2D eigenvalue weighted by Gasteiger charge is 2.37. The van der Waals surface area contributed by atoms with Gasteiger partial charge in [-0.3, -0.25) is 9.59 Å². The maximum atomic E-state index is 11.1. The van der Waals surface area contributed by atoms with Crippen molar-refractivity contribution in [2.75, 3.05) is 0 Å². The van der Waals surface area contributed by atoms with Gasteiger partial charge in [0.15, 0.2) is 0 Å². The largest absolute Gasteiger partial charge is 0.481 e. The number of nitrogens with zero attached hydrogens (tertiary/aromatic N) is 1. The van der Waals surface area contributed by atoms with Gasteiger partial charge in [-0.05, 0) is 0 Å². The zero-order valence-corrected chi connectivity index (χ0v) is 6.55. The summed E-state index contributed by atoms with van der Waals surface area (Å²) >= 11 is 0. The van der Waals surface area contributed by atoms with Crippen LogP contribution in [0.3, 0.4) is 0 Å². The molecule has 0 heterocycles. The fourth-order valence-electron chi connectivity index (χ4n) is 0.172. The van der Waals surface area contributed by atoms with E-state index in [-0.39, 0.29) is 0 Å². The first-order valence-electron chi connectivity index (χ1n) is 2.88. The molecule has 0 radical (unpaired) electrons. The number of halogens is 3. The van der Waals surface area contributed by atoms with Crippen LogP contribution in [-0.4, -0.2) is 23.0 Å². The van der Waals surface area contributed by atoms with Crippen molar-refractivity contribution in [1.29, 1.82) is 5.26 Å². The molecular weight excluding hydrogens is 191 g/mol. The number of hydrogen-bond acceptors (Lipinski definition) is 3. The summed E-state index contributed by atoms with van der Waals surface area (Å²) in [5.74, 6) is -2.83. The molecule has 0 fully saturated rings. The number of alkyl halides is 3. The van der Waals surface area contributed by atoms with E-state index in [9.17, 15) is 18.0 Å². The Kier molecular flexibility index (Phi) is 6.44. The Morgan fingerprint density at radius 2 is 1.77 bits per heavy atom. The van der Waals surface area contributed by atoms with Crippen LogP contribution in [0.2, 0.25) is 0 Å². The van der Waals surface area contributed by atoms with Gasteiger partial charge in [0, 0.05) is 6.92 Å². The van der Waals surface area contributed by atoms with Crippen LogP contribution in [0.25, 0.3) is 0 Å². The lowest BCUT2D eigenvalue weighted by Gasteiger charge is -1.98. The predicted octanol–water partition coefficient (Wildman–Crippen LogP) is 1.12. The van der Waals surface area contributed by atoms with Crippen LogP contribution < -0.4 is 0 Å². The number of nitriles is 1. The van der Waals surface area contributed by atoms with Crippen LogP contribution in [0, 0.1) is 11.3 Å². The van der Waals surface area contributed by atoms with E-state index >= 15 is 0 Å². The van der Waals surface area contributed by atoms with Gasteiger partial charge >= 0.3 is 6.18 Å². The molecule has 0 spiro atoms. The van der Waals surface area contributed by atoms with Crippen LogP contribution >= 0.6 is 0 Å². The Balaban J connectivity index is 0. The predicted molar refractivity (Wildman–Crippen MR) is 34.6 cm³/mol. The van der Waals surface area contributed by atoms with E-state index in [2.05, 4.69) is 0 Å². The van der Waals surface area contributed by atoms with E-state index in [1.54, 1.807) is 0 Å². The molecule has 74 valence electrons. The third-order valence-electron chi connectivity index (χ3n) is 0.556. The molecule has 4 nitrogen and oxygen atoms in total. The van der Waals surface area contributed by atoms with Crippen molar-refractivity contribution in [3.63, 3.8) is 0 Å². The number of carbonyl (C=O) groups is 2. The number of carbonyl (C=O) groups excluding carboxylic acids is 1. The molecule has 7 heteroatoms. The summed E-state index contributed by atoms with van der Waals surface area (Å²) in [6.07, 6.45) is -5.95. The van der Waals surface area contributed by atoms with Crippen LogP contribution in [0.4, 0.5) is 13.2 Å². The molecule has 0 aliphatic carbocycles. The minimum absolute atomic E-state index is 0.833. The molecule has 0 saturated carbocycles. The Bertz CT molecular complexity index is 224. The summed E-state index contributed by atoms with van der Waals surface area (Å²) < 4.78 is 33.4. The van der Waals surface area contributed by atoms with Gasteiger partial charge in [0.1, 0.15) is 6.42 Å². The van der Waals surface area contributed by atoms with Gasteiger partial charge in [-0.1, -0.05) is 0 Å². The van der Waals surface area contributed by atoms with Gasteiger partial charge in [-0.2, -0.15) is 18.4 Å². The first kappa shape index (κ1) is 14.0. The fraction of sp³-hybridized carbons (Fsp3) is 0.500. The first-order chi connectivity index (χ1) is 5.71. The molecule has 0 aromatic carbocycles. The van der Waals surface area contributed by atoms with Gasteiger partial charge in [0.05, 0.1) is 6.07 Å². The quantitative estimate of drug-likeness (QED) is 0.683. The van der Waals surface area contributed by atoms with Crippen molar-refractivity contribution in [3.05, 3.63) is 0 Å². The molecule has 0 aliphatic rings. The van der Waals surface area contributed by atoms with E-state index in [0.717, 1.165) is 13.0 Å². The van der Waals surface area contributed by atoms with Crippen LogP contribution in [0.15, 0.2) is 0 Å². The number of ketones is 1. The highest BCUT2D eigenvalue weighted by atomic mass is 19.4. The molecule has 0 amide bonds. The molecule has 0 unspecified atom stereocenters. The van der Waals surface area contributed by atoms with Crippen molar-refractivity contribution < 1.29 is 27.9 Å². The zero-order chi connectivity index (χ0) is 11.1. The second-order valence-corrected chi connectivity index (χ2v) is 1.77. The molecule has 0 aromatic heterocycles. The monoisotopic (exact) mass is 197 g/mol. The van der Waals surface area contributed by atoms with E-state index in [0.29, 0.717) is 0 Å². The Morgan fingerprint density at radius 1 is 1.46 bits per heavy atom. The number of aliphatic carboxylic acids is 1. The molecule has 0 bridgehead atoms. The van der Waals surface area contributed by atoms with Crippen molar-refractivity contribution in [1.82, 2.24) is 0 Å². The minimum atomic E-state index is -4.85. The number of hydrogen-bond donors (Lipinski definition) is 1. The second kappa shape index (κ2) is 5.99. The second-order valence-electron chi connectivity index (χ2n) is 1.77. The Hall–Kier alpha value is -1.58. The summed E-state index contributed by atoms with van der Waals surface area (Å²) in [6.45, 7) is 1.08. The van der Waals surface area contributed by atoms with Gasteiger partial charge in [-0.15, -0.1) is 0 Å². The minimum Gasteiger partial charge on any atom is -0.481 e. The van der Waals surface area contributed by atoms with Crippen molar-refractivity contribution in [3.8, 4) is 6.07 Å². The van der Waals surface area contributed by atoms with E-state index in [1.165, 1.54) is 0 Å². The molecule has 13 heavy (non-hydrogen) atoms. The van der Waals surface area contributed by atoms with E-state index in [4.69, 9.17) is 15.2 Å². The number of Topliss-reactive ketones (excluding diaryl/α,β-unsaturated/α-hetero) is 1. The molecule has 0 aromatic rings. The van der Waals surface area contributed by atoms with Crippen LogP contribution in [-0.2, 0) is 9.59 Å². The normalized spacial score (nSPS) is 9.15. The summed E-state index contributed by atoms with van der Waals surface area (Å²) in [6, 6.07) is 1.10. The standard InChI is InChI=1S/C4H2F3NO.C2H4O2/c5-4(6,7)3(9)1-2-8;1-2(3)4/h1H2;1H3,(H,3,4). The van der Waals surface area contributed by atoms with Gasteiger partial charge in [0.25, 0.3) is 5.97 Å². The SMILES string of the molecule is CC(=O)O.N#CCC(=O)C(F)(F)F. The van der Waals surface area contributed by atoms with Crippen molar-refractivity contribution in [2.45, 2.75) is 19.5 Å². The van der Waals surface area contributed by atoms with E-state index < -0.39 is 24.3 Å². The van der Waals surface area contributed by atoms with Crippen molar-refractivity contribution in [2.24, 2.45) is 0 Å². The fourth-order valence-corrected chi connectivity index (χ4v) is 0.172. The average Bonchev–Trinajstić information content (AvgIpc) is 1.84. The highest BCUT2D eigenvalue weighted by molar-refractivity contribution is 5.85. The lowest BCUT2D eigenvalue weighted by atomic mass is 10.3. The van der Waals surface area contributed by atoms with Gasteiger partial charge < -0.3 is 5.11 Å².